The van der Waals surface area contributed by atoms with Crippen molar-refractivity contribution in [2.45, 2.75) is 60.5 Å². The van der Waals surface area contributed by atoms with E-state index in [4.69, 9.17) is 4.98 Å². The third-order valence-electron chi connectivity index (χ3n) is 5.81. The first kappa shape index (κ1) is 21.3. The lowest BCUT2D eigenvalue weighted by molar-refractivity contribution is 0.317. The second kappa shape index (κ2) is 9.37. The topological polar surface area (TPSA) is 16.1 Å². The number of aryl methyl sites for hydroxylation is 5. The molecule has 152 valence electrons. The van der Waals surface area contributed by atoms with E-state index in [2.05, 4.69) is 95.1 Å². The number of nitrogens with zero attached hydrogens (tertiary/aromatic N) is 2. The Hall–Kier alpha value is -2.45. The molecule has 0 aliphatic heterocycles. The van der Waals surface area contributed by atoms with Crippen LogP contribution in [-0.4, -0.2) is 16.9 Å². The van der Waals surface area contributed by atoms with Gasteiger partial charge in [0.05, 0.1) is 5.69 Å². The van der Waals surface area contributed by atoms with Crippen LogP contribution in [0, 0.1) is 20.8 Å². The molecule has 0 amide bonds. The molecule has 0 radical (unpaired) electrons. The Bertz CT molecular complexity index is 925. The highest BCUT2D eigenvalue weighted by molar-refractivity contribution is 5.69. The number of hydrogen-bond acceptors (Lipinski definition) is 2. The van der Waals surface area contributed by atoms with Gasteiger partial charge >= 0.3 is 0 Å². The van der Waals surface area contributed by atoms with Crippen LogP contribution in [0.25, 0.3) is 11.3 Å². The highest BCUT2D eigenvalue weighted by atomic mass is 15.1. The van der Waals surface area contributed by atoms with E-state index in [-0.39, 0.29) is 0 Å². The minimum Gasteiger partial charge on any atom is -0.298 e. The third-order valence-corrected chi connectivity index (χ3v) is 5.81. The number of aromatic nitrogens is 1. The van der Waals surface area contributed by atoms with E-state index in [0.29, 0.717) is 0 Å². The summed E-state index contributed by atoms with van der Waals surface area (Å²) in [6.07, 6.45) is 2.06. The van der Waals surface area contributed by atoms with Crippen LogP contribution in [0.5, 0.6) is 0 Å². The molecule has 3 aromatic rings. The average molecular weight is 387 g/mol. The fraction of sp³-hybridized carbons (Fsp3) is 0.370. The van der Waals surface area contributed by atoms with Crippen LogP contribution in [0.3, 0.4) is 0 Å². The summed E-state index contributed by atoms with van der Waals surface area (Å²) in [5.74, 6) is 0. The van der Waals surface area contributed by atoms with Crippen LogP contribution in [0.2, 0.25) is 0 Å². The molecule has 0 spiro atoms. The van der Waals surface area contributed by atoms with Gasteiger partial charge in [-0.1, -0.05) is 61.9 Å². The number of rotatable bonds is 7. The summed E-state index contributed by atoms with van der Waals surface area (Å²) in [7, 11) is 2.19. The van der Waals surface area contributed by atoms with Crippen LogP contribution >= 0.6 is 0 Å². The summed E-state index contributed by atoms with van der Waals surface area (Å²) in [6.45, 7) is 12.8. The fourth-order valence-corrected chi connectivity index (χ4v) is 4.13. The van der Waals surface area contributed by atoms with E-state index < -0.39 is 0 Å². The van der Waals surface area contributed by atoms with E-state index in [9.17, 15) is 0 Å². The molecule has 2 nitrogen and oxygen atoms in total. The molecule has 0 saturated heterocycles. The van der Waals surface area contributed by atoms with E-state index in [1.807, 2.05) is 0 Å². The Labute approximate surface area is 176 Å². The maximum absolute atomic E-state index is 5.07. The van der Waals surface area contributed by atoms with Crippen molar-refractivity contribution in [2.75, 3.05) is 7.05 Å². The molecule has 1 aromatic heterocycles. The highest BCUT2D eigenvalue weighted by Gasteiger charge is 2.15. The largest absolute Gasteiger partial charge is 0.298 e. The summed E-state index contributed by atoms with van der Waals surface area (Å²) in [4.78, 5) is 7.44. The van der Waals surface area contributed by atoms with Crippen molar-refractivity contribution < 1.29 is 0 Å². The van der Waals surface area contributed by atoms with Crippen molar-refractivity contribution in [3.63, 3.8) is 0 Å². The second-order valence-corrected chi connectivity index (χ2v) is 8.20. The van der Waals surface area contributed by atoms with Crippen LogP contribution < -0.4 is 0 Å². The van der Waals surface area contributed by atoms with Crippen LogP contribution in [0.15, 0.2) is 48.5 Å². The van der Waals surface area contributed by atoms with Gasteiger partial charge < -0.3 is 0 Å². The Kier molecular flexibility index (Phi) is 6.87. The van der Waals surface area contributed by atoms with Crippen molar-refractivity contribution in [3.8, 4) is 11.3 Å². The van der Waals surface area contributed by atoms with E-state index in [0.717, 1.165) is 37.3 Å². The van der Waals surface area contributed by atoms with Crippen molar-refractivity contribution in [1.29, 1.82) is 0 Å². The molecular formula is C27H34N2. The number of benzene rings is 2. The molecule has 0 fully saturated rings. The zero-order valence-corrected chi connectivity index (χ0v) is 18.8. The first-order valence-electron chi connectivity index (χ1n) is 10.7. The molecule has 0 bridgehead atoms. The smallest absolute Gasteiger partial charge is 0.0713 e. The fourth-order valence-electron chi connectivity index (χ4n) is 4.13. The SMILES string of the molecule is CCc1cccc(CC)c1-c1cc(C)c(CN(C)Cc2ccc(C)cc2)c(C)n1. The van der Waals surface area contributed by atoms with Gasteiger partial charge in [0.25, 0.3) is 0 Å². The predicted molar refractivity (Wildman–Crippen MR) is 124 cm³/mol. The molecule has 2 aromatic carbocycles. The molecule has 3 rings (SSSR count). The van der Waals surface area contributed by atoms with E-state index >= 15 is 0 Å². The minimum absolute atomic E-state index is 0.912. The summed E-state index contributed by atoms with van der Waals surface area (Å²) < 4.78 is 0. The van der Waals surface area contributed by atoms with Crippen molar-refractivity contribution in [2.24, 2.45) is 0 Å². The summed E-state index contributed by atoms with van der Waals surface area (Å²) in [5, 5.41) is 0. The van der Waals surface area contributed by atoms with Gasteiger partial charge in [0.2, 0.25) is 0 Å². The van der Waals surface area contributed by atoms with Crippen LogP contribution in [0.4, 0.5) is 0 Å². The van der Waals surface area contributed by atoms with E-state index in [1.165, 1.54) is 38.9 Å². The Morgan fingerprint density at radius 2 is 1.45 bits per heavy atom. The molecule has 0 unspecified atom stereocenters. The van der Waals surface area contributed by atoms with Gasteiger partial charge in [-0.25, -0.2) is 0 Å². The molecule has 2 heteroatoms. The molecule has 0 N–H and O–H groups in total. The van der Waals surface area contributed by atoms with Gasteiger partial charge in [-0.3, -0.25) is 9.88 Å². The second-order valence-electron chi connectivity index (χ2n) is 8.20. The zero-order valence-electron chi connectivity index (χ0n) is 18.8. The molecule has 0 aliphatic rings. The molecule has 0 atom stereocenters. The summed E-state index contributed by atoms with van der Waals surface area (Å²) in [5.41, 5.74) is 11.7. The maximum Gasteiger partial charge on any atom is 0.0713 e. The van der Waals surface area contributed by atoms with Gasteiger partial charge in [0.15, 0.2) is 0 Å². The molecule has 0 saturated carbocycles. The molecular weight excluding hydrogens is 352 g/mol. The van der Waals surface area contributed by atoms with Gasteiger partial charge in [0, 0.05) is 24.3 Å². The summed E-state index contributed by atoms with van der Waals surface area (Å²) >= 11 is 0. The van der Waals surface area contributed by atoms with Gasteiger partial charge in [-0.15, -0.1) is 0 Å². The first-order valence-corrected chi connectivity index (χ1v) is 10.7. The normalized spacial score (nSPS) is 11.3. The molecule has 1 heterocycles. The summed E-state index contributed by atoms with van der Waals surface area (Å²) in [6, 6.07) is 17.8. The monoisotopic (exact) mass is 386 g/mol. The van der Waals surface area contributed by atoms with Gasteiger partial charge in [0.1, 0.15) is 0 Å². The van der Waals surface area contributed by atoms with Crippen molar-refractivity contribution >= 4 is 0 Å². The van der Waals surface area contributed by atoms with Gasteiger partial charge in [-0.2, -0.15) is 0 Å². The van der Waals surface area contributed by atoms with Crippen LogP contribution in [-0.2, 0) is 25.9 Å². The first-order chi connectivity index (χ1) is 13.9. The molecule has 0 aliphatic carbocycles. The lowest BCUT2D eigenvalue weighted by Crippen LogP contribution is -2.19. The average Bonchev–Trinajstić information content (AvgIpc) is 2.71. The van der Waals surface area contributed by atoms with Crippen molar-refractivity contribution in [3.05, 3.63) is 87.6 Å². The van der Waals surface area contributed by atoms with Crippen molar-refractivity contribution in [1.82, 2.24) is 9.88 Å². The Morgan fingerprint density at radius 1 is 0.828 bits per heavy atom. The standard InChI is InChI=1S/C27H34N2/c1-7-23-10-9-11-24(8-2)27(23)26-16-20(4)25(21(5)28-26)18-29(6)17-22-14-12-19(3)13-15-22/h9-16H,7-8,17-18H2,1-6H3. The minimum atomic E-state index is 0.912. The predicted octanol–water partition coefficient (Wildman–Crippen LogP) is 6.43. The maximum atomic E-state index is 5.07. The van der Waals surface area contributed by atoms with Gasteiger partial charge in [-0.05, 0) is 74.5 Å². The molecule has 29 heavy (non-hydrogen) atoms. The number of pyridine rings is 1. The third kappa shape index (κ3) is 4.94. The highest BCUT2D eigenvalue weighted by Crippen LogP contribution is 2.30. The number of hydrogen-bond donors (Lipinski definition) is 0. The quantitative estimate of drug-likeness (QED) is 0.465. The Morgan fingerprint density at radius 3 is 2.00 bits per heavy atom. The van der Waals surface area contributed by atoms with E-state index in [1.54, 1.807) is 0 Å². The lowest BCUT2D eigenvalue weighted by Gasteiger charge is -2.21. The van der Waals surface area contributed by atoms with Crippen LogP contribution in [0.1, 0.15) is 52.9 Å². The Balaban J connectivity index is 1.88. The lowest BCUT2D eigenvalue weighted by atomic mass is 9.93. The zero-order chi connectivity index (χ0) is 21.0.